The largest absolute Gasteiger partial charge is 0.494 e. The molecule has 0 amide bonds. The molecule has 1 aromatic heterocycles. The van der Waals surface area contributed by atoms with Crippen molar-refractivity contribution in [2.75, 3.05) is 6.61 Å². The van der Waals surface area contributed by atoms with E-state index in [0.29, 0.717) is 17.6 Å². The quantitative estimate of drug-likeness (QED) is 0.617. The summed E-state index contributed by atoms with van der Waals surface area (Å²) < 4.78 is 6.22. The number of nitrogens with zero attached hydrogens (tertiary/aromatic N) is 2. The van der Waals surface area contributed by atoms with Crippen molar-refractivity contribution in [1.29, 1.82) is 0 Å². The van der Waals surface area contributed by atoms with Gasteiger partial charge >= 0.3 is 0 Å². The summed E-state index contributed by atoms with van der Waals surface area (Å²) in [7, 11) is 0. The fourth-order valence-corrected chi connectivity index (χ4v) is 1.74. The lowest BCUT2D eigenvalue weighted by atomic mass is 10.2. The molecule has 17 heavy (non-hydrogen) atoms. The Labute approximate surface area is 118 Å². The molecule has 2 rings (SSSR count). The van der Waals surface area contributed by atoms with Crippen molar-refractivity contribution >= 4 is 34.2 Å². The minimum atomic E-state index is 0.476. The second-order valence-electron chi connectivity index (χ2n) is 3.29. The predicted molar refractivity (Wildman–Crippen MR) is 76.4 cm³/mol. The van der Waals surface area contributed by atoms with E-state index in [-0.39, 0.29) is 0 Å². The summed E-state index contributed by atoms with van der Waals surface area (Å²) in [6, 6.07) is 7.63. The summed E-state index contributed by atoms with van der Waals surface area (Å²) >= 11 is 8.06. The van der Waals surface area contributed by atoms with Crippen LogP contribution in [0.4, 0.5) is 0 Å². The smallest absolute Gasteiger partial charge is 0.160 e. The van der Waals surface area contributed by atoms with E-state index < -0.39 is 0 Å². The summed E-state index contributed by atoms with van der Waals surface area (Å²) in [5.41, 5.74) is 0.923. The lowest BCUT2D eigenvalue weighted by Crippen LogP contribution is -1.93. The molecule has 5 heteroatoms. The van der Waals surface area contributed by atoms with Crippen LogP contribution in [-0.4, -0.2) is 16.6 Å². The van der Waals surface area contributed by atoms with Crippen LogP contribution in [0.2, 0.25) is 5.15 Å². The molecule has 0 saturated carbocycles. The first kappa shape index (κ1) is 12.6. The van der Waals surface area contributed by atoms with Gasteiger partial charge in [-0.1, -0.05) is 11.6 Å². The van der Waals surface area contributed by atoms with Crippen molar-refractivity contribution in [3.8, 4) is 17.1 Å². The third-order valence-electron chi connectivity index (χ3n) is 2.12. The highest BCUT2D eigenvalue weighted by molar-refractivity contribution is 14.1. The van der Waals surface area contributed by atoms with Crippen LogP contribution in [0.1, 0.15) is 6.92 Å². The summed E-state index contributed by atoms with van der Waals surface area (Å²) in [4.78, 5) is 8.47. The van der Waals surface area contributed by atoms with Crippen molar-refractivity contribution in [3.63, 3.8) is 0 Å². The topological polar surface area (TPSA) is 35.0 Å². The van der Waals surface area contributed by atoms with Crippen molar-refractivity contribution in [2.24, 2.45) is 0 Å². The highest BCUT2D eigenvalue weighted by Crippen LogP contribution is 2.22. The Morgan fingerprint density at radius 1 is 1.29 bits per heavy atom. The molecule has 0 spiro atoms. The Morgan fingerprint density at radius 2 is 2.00 bits per heavy atom. The van der Waals surface area contributed by atoms with Crippen molar-refractivity contribution in [2.45, 2.75) is 6.92 Å². The zero-order valence-electron chi connectivity index (χ0n) is 9.15. The molecule has 0 aliphatic rings. The predicted octanol–water partition coefficient (Wildman–Crippen LogP) is 3.80. The maximum absolute atomic E-state index is 5.96. The number of halogens is 2. The Bertz CT molecular complexity index is 516. The Hall–Kier alpha value is -0.880. The van der Waals surface area contributed by atoms with Gasteiger partial charge in [0.1, 0.15) is 10.9 Å². The van der Waals surface area contributed by atoms with Gasteiger partial charge in [0.15, 0.2) is 5.82 Å². The molecule has 2 aromatic rings. The van der Waals surface area contributed by atoms with Crippen LogP contribution in [-0.2, 0) is 0 Å². The zero-order valence-corrected chi connectivity index (χ0v) is 12.1. The Kier molecular flexibility index (Phi) is 4.17. The normalized spacial score (nSPS) is 10.3. The van der Waals surface area contributed by atoms with E-state index in [1.807, 2.05) is 31.2 Å². The molecule has 0 atom stereocenters. The molecule has 1 aromatic carbocycles. The van der Waals surface area contributed by atoms with Gasteiger partial charge in [0.25, 0.3) is 0 Å². The monoisotopic (exact) mass is 360 g/mol. The van der Waals surface area contributed by atoms with Crippen molar-refractivity contribution in [1.82, 2.24) is 9.97 Å². The standard InChI is InChI=1S/C12H10ClIN2O/c1-2-17-9-5-3-8(4-6-9)12-15-7-10(14)11(13)16-12/h3-7H,2H2,1H3. The van der Waals surface area contributed by atoms with Gasteiger partial charge in [0.05, 0.1) is 10.2 Å². The van der Waals surface area contributed by atoms with Crippen LogP contribution in [0.3, 0.4) is 0 Å². The first-order valence-electron chi connectivity index (χ1n) is 5.12. The van der Waals surface area contributed by atoms with Crippen LogP contribution in [0.25, 0.3) is 11.4 Å². The molecule has 0 unspecified atom stereocenters. The fourth-order valence-electron chi connectivity index (χ4n) is 1.35. The van der Waals surface area contributed by atoms with Crippen molar-refractivity contribution in [3.05, 3.63) is 39.2 Å². The minimum absolute atomic E-state index is 0.476. The Balaban J connectivity index is 2.30. The molecule has 0 fully saturated rings. The SMILES string of the molecule is CCOc1ccc(-c2ncc(I)c(Cl)n2)cc1. The van der Waals surface area contributed by atoms with Crippen LogP contribution < -0.4 is 4.74 Å². The molecular weight excluding hydrogens is 351 g/mol. The number of ether oxygens (including phenoxy) is 1. The third-order valence-corrected chi connectivity index (χ3v) is 3.52. The number of hydrogen-bond donors (Lipinski definition) is 0. The van der Waals surface area contributed by atoms with Gasteiger partial charge in [-0.15, -0.1) is 0 Å². The van der Waals surface area contributed by atoms with Gasteiger partial charge in [-0.2, -0.15) is 0 Å². The van der Waals surface area contributed by atoms with Gasteiger partial charge in [-0.25, -0.2) is 9.97 Å². The molecule has 0 aliphatic heterocycles. The van der Waals surface area contributed by atoms with Crippen LogP contribution in [0.15, 0.2) is 30.5 Å². The van der Waals surface area contributed by atoms with E-state index in [1.54, 1.807) is 6.20 Å². The average Bonchev–Trinajstić information content (AvgIpc) is 2.34. The molecule has 3 nitrogen and oxygen atoms in total. The molecule has 0 saturated heterocycles. The molecule has 88 valence electrons. The van der Waals surface area contributed by atoms with Gasteiger partial charge in [0.2, 0.25) is 0 Å². The maximum Gasteiger partial charge on any atom is 0.160 e. The molecule has 0 bridgehead atoms. The molecular formula is C12H10ClIN2O. The molecule has 0 N–H and O–H groups in total. The highest BCUT2D eigenvalue weighted by Gasteiger charge is 2.05. The first-order chi connectivity index (χ1) is 8.20. The summed E-state index contributed by atoms with van der Waals surface area (Å²) in [6.45, 7) is 2.61. The number of rotatable bonds is 3. The zero-order chi connectivity index (χ0) is 12.3. The summed E-state index contributed by atoms with van der Waals surface area (Å²) in [5.74, 6) is 1.46. The van der Waals surface area contributed by atoms with Crippen LogP contribution >= 0.6 is 34.2 Å². The number of aromatic nitrogens is 2. The summed E-state index contributed by atoms with van der Waals surface area (Å²) in [6.07, 6.45) is 1.71. The van der Waals surface area contributed by atoms with E-state index in [2.05, 4.69) is 32.6 Å². The number of hydrogen-bond acceptors (Lipinski definition) is 3. The van der Waals surface area contributed by atoms with E-state index in [0.717, 1.165) is 14.9 Å². The molecule has 0 aliphatic carbocycles. The second-order valence-corrected chi connectivity index (χ2v) is 4.81. The second kappa shape index (κ2) is 5.64. The number of benzene rings is 1. The van der Waals surface area contributed by atoms with Crippen molar-refractivity contribution < 1.29 is 4.74 Å². The van der Waals surface area contributed by atoms with Gasteiger partial charge < -0.3 is 4.74 Å². The van der Waals surface area contributed by atoms with Gasteiger partial charge in [-0.3, -0.25) is 0 Å². The minimum Gasteiger partial charge on any atom is -0.494 e. The molecule has 1 heterocycles. The van der Waals surface area contributed by atoms with E-state index >= 15 is 0 Å². The average molecular weight is 361 g/mol. The van der Waals surface area contributed by atoms with Crippen LogP contribution in [0.5, 0.6) is 5.75 Å². The lowest BCUT2D eigenvalue weighted by Gasteiger charge is -2.04. The van der Waals surface area contributed by atoms with Crippen LogP contribution in [0, 0.1) is 3.57 Å². The lowest BCUT2D eigenvalue weighted by molar-refractivity contribution is 0.340. The maximum atomic E-state index is 5.96. The van der Waals surface area contributed by atoms with E-state index in [1.165, 1.54) is 0 Å². The van der Waals surface area contributed by atoms with E-state index in [4.69, 9.17) is 16.3 Å². The third kappa shape index (κ3) is 3.07. The molecule has 0 radical (unpaired) electrons. The highest BCUT2D eigenvalue weighted by atomic mass is 127. The van der Waals surface area contributed by atoms with E-state index in [9.17, 15) is 0 Å². The Morgan fingerprint density at radius 3 is 2.59 bits per heavy atom. The van der Waals surface area contributed by atoms with Gasteiger partial charge in [-0.05, 0) is 53.8 Å². The summed E-state index contributed by atoms with van der Waals surface area (Å²) in [5, 5.41) is 0.476. The van der Waals surface area contributed by atoms with Gasteiger partial charge in [0, 0.05) is 11.8 Å². The fraction of sp³-hybridized carbons (Fsp3) is 0.167. The first-order valence-corrected chi connectivity index (χ1v) is 6.57.